The van der Waals surface area contributed by atoms with Crippen LogP contribution in [-0.2, 0) is 16.6 Å². The lowest BCUT2D eigenvalue weighted by Crippen LogP contribution is -2.13. The first-order valence-electron chi connectivity index (χ1n) is 5.63. The third-order valence-corrected chi connectivity index (χ3v) is 4.09. The summed E-state index contributed by atoms with van der Waals surface area (Å²) in [6.07, 6.45) is 2.55. The van der Waals surface area contributed by atoms with Crippen LogP contribution >= 0.6 is 11.6 Å². The van der Waals surface area contributed by atoms with Gasteiger partial charge in [-0.25, -0.2) is 12.8 Å². The third kappa shape index (κ3) is 3.27. The molecule has 0 radical (unpaired) electrons. The molecule has 1 aromatic carbocycles. The van der Waals surface area contributed by atoms with Crippen molar-refractivity contribution < 1.29 is 12.8 Å². The van der Waals surface area contributed by atoms with Gasteiger partial charge < -0.3 is 5.73 Å². The monoisotopic (exact) mass is 318 g/mol. The zero-order valence-electron chi connectivity index (χ0n) is 10.3. The molecule has 0 aliphatic rings. The van der Waals surface area contributed by atoms with E-state index in [1.54, 1.807) is 0 Å². The first kappa shape index (κ1) is 14.8. The fourth-order valence-corrected chi connectivity index (χ4v) is 2.63. The number of anilines is 1. The van der Waals surface area contributed by atoms with Crippen molar-refractivity contribution >= 4 is 27.3 Å². The van der Waals surface area contributed by atoms with Crippen molar-refractivity contribution in [3.63, 3.8) is 0 Å². The van der Waals surface area contributed by atoms with Gasteiger partial charge in [0.05, 0.1) is 23.5 Å². The number of nitrogens with one attached hydrogen (secondary N) is 1. The van der Waals surface area contributed by atoms with E-state index >= 15 is 0 Å². The fraction of sp³-hybridized carbons (Fsp3) is 0.182. The maximum Gasteiger partial charge on any atom is 0.265 e. The second kappa shape index (κ2) is 5.78. The molecule has 0 saturated heterocycles. The first-order chi connectivity index (χ1) is 9.42. The minimum atomic E-state index is -3.82. The summed E-state index contributed by atoms with van der Waals surface area (Å²) in [5.74, 6) is -0.703. The van der Waals surface area contributed by atoms with Crippen LogP contribution < -0.4 is 10.5 Å². The molecule has 1 aromatic heterocycles. The standard InChI is InChI=1S/C11H12ClFN4O2S/c12-10-2-1-8(5-11(10)13)16-20(18,19)9-6-15-17(7-9)4-3-14/h1-2,5-7,16H,3-4,14H2. The molecular formula is C11H12ClFN4O2S. The molecule has 2 aromatic rings. The number of nitrogens with zero attached hydrogens (tertiary/aromatic N) is 2. The molecule has 20 heavy (non-hydrogen) atoms. The predicted molar refractivity (Wildman–Crippen MR) is 73.5 cm³/mol. The highest BCUT2D eigenvalue weighted by atomic mass is 35.5. The molecule has 0 spiro atoms. The van der Waals surface area contributed by atoms with Gasteiger partial charge in [-0.1, -0.05) is 11.6 Å². The second-order valence-electron chi connectivity index (χ2n) is 3.96. The summed E-state index contributed by atoms with van der Waals surface area (Å²) in [5.41, 5.74) is 5.44. The molecule has 0 atom stereocenters. The molecule has 0 saturated carbocycles. The molecule has 0 aliphatic carbocycles. The lowest BCUT2D eigenvalue weighted by atomic mass is 10.3. The van der Waals surface area contributed by atoms with Crippen LogP contribution in [0.5, 0.6) is 0 Å². The molecule has 0 aliphatic heterocycles. The molecular weight excluding hydrogens is 307 g/mol. The van der Waals surface area contributed by atoms with Gasteiger partial charge in [0.25, 0.3) is 10.0 Å². The van der Waals surface area contributed by atoms with Gasteiger partial charge >= 0.3 is 0 Å². The summed E-state index contributed by atoms with van der Waals surface area (Å²) in [5, 5.41) is 3.79. The number of sulfonamides is 1. The number of benzene rings is 1. The van der Waals surface area contributed by atoms with E-state index in [4.69, 9.17) is 17.3 Å². The smallest absolute Gasteiger partial charge is 0.265 e. The summed E-state index contributed by atoms with van der Waals surface area (Å²) < 4.78 is 41.1. The Labute approximate surface area is 120 Å². The molecule has 3 N–H and O–H groups in total. The van der Waals surface area contributed by atoms with E-state index in [2.05, 4.69) is 9.82 Å². The molecule has 0 amide bonds. The number of aromatic nitrogens is 2. The van der Waals surface area contributed by atoms with Gasteiger partial charge in [0.15, 0.2) is 0 Å². The van der Waals surface area contributed by atoms with Gasteiger partial charge in [0.1, 0.15) is 10.7 Å². The lowest BCUT2D eigenvalue weighted by molar-refractivity contribution is 0.599. The zero-order chi connectivity index (χ0) is 14.8. The number of nitrogens with two attached hydrogens (primary N) is 1. The van der Waals surface area contributed by atoms with Crippen molar-refractivity contribution in [3.8, 4) is 0 Å². The fourth-order valence-electron chi connectivity index (χ4n) is 1.51. The Bertz CT molecular complexity index is 717. The van der Waals surface area contributed by atoms with Gasteiger partial charge in [0, 0.05) is 12.7 Å². The largest absolute Gasteiger partial charge is 0.329 e. The van der Waals surface area contributed by atoms with Crippen LogP contribution in [0.3, 0.4) is 0 Å². The van der Waals surface area contributed by atoms with E-state index in [1.807, 2.05) is 0 Å². The molecule has 0 bridgehead atoms. The van der Waals surface area contributed by atoms with Crippen LogP contribution in [-0.4, -0.2) is 24.7 Å². The Morgan fingerprint density at radius 2 is 2.20 bits per heavy atom. The highest BCUT2D eigenvalue weighted by Gasteiger charge is 2.17. The average molecular weight is 319 g/mol. The number of hydrogen-bond donors (Lipinski definition) is 2. The SMILES string of the molecule is NCCn1cc(S(=O)(=O)Nc2ccc(Cl)c(F)c2)cn1. The molecule has 108 valence electrons. The minimum absolute atomic E-state index is 0.0266. The summed E-state index contributed by atoms with van der Waals surface area (Å²) >= 11 is 5.53. The van der Waals surface area contributed by atoms with Gasteiger partial charge in [0.2, 0.25) is 0 Å². The molecule has 0 unspecified atom stereocenters. The second-order valence-corrected chi connectivity index (χ2v) is 6.05. The van der Waals surface area contributed by atoms with Crippen LogP contribution in [0.15, 0.2) is 35.5 Å². The van der Waals surface area contributed by atoms with Gasteiger partial charge in [-0.05, 0) is 18.2 Å². The summed E-state index contributed by atoms with van der Waals surface area (Å²) in [6, 6.07) is 3.64. The van der Waals surface area contributed by atoms with E-state index in [1.165, 1.54) is 29.2 Å². The maximum atomic E-state index is 13.3. The number of hydrogen-bond acceptors (Lipinski definition) is 4. The van der Waals surface area contributed by atoms with Crippen molar-refractivity contribution in [2.45, 2.75) is 11.4 Å². The highest BCUT2D eigenvalue weighted by Crippen LogP contribution is 2.21. The van der Waals surface area contributed by atoms with Crippen LogP contribution in [0.25, 0.3) is 0 Å². The quantitative estimate of drug-likeness (QED) is 0.872. The predicted octanol–water partition coefficient (Wildman–Crippen LogP) is 1.44. The normalized spacial score (nSPS) is 11.6. The van der Waals surface area contributed by atoms with Crippen molar-refractivity contribution in [1.82, 2.24) is 9.78 Å². The Hall–Kier alpha value is -1.64. The van der Waals surface area contributed by atoms with Gasteiger partial charge in [-0.2, -0.15) is 5.10 Å². The minimum Gasteiger partial charge on any atom is -0.329 e. The Morgan fingerprint density at radius 3 is 2.85 bits per heavy atom. The van der Waals surface area contributed by atoms with E-state index < -0.39 is 15.8 Å². The summed E-state index contributed by atoms with van der Waals surface area (Å²) in [6.45, 7) is 0.752. The molecule has 1 heterocycles. The molecule has 9 heteroatoms. The Morgan fingerprint density at radius 1 is 1.45 bits per heavy atom. The lowest BCUT2D eigenvalue weighted by Gasteiger charge is -2.06. The topological polar surface area (TPSA) is 90.0 Å². The van der Waals surface area contributed by atoms with Crippen LogP contribution in [0.1, 0.15) is 0 Å². The zero-order valence-corrected chi connectivity index (χ0v) is 11.8. The van der Waals surface area contributed by atoms with Gasteiger partial charge in [-0.3, -0.25) is 9.40 Å². The maximum absolute atomic E-state index is 13.3. The van der Waals surface area contributed by atoms with Crippen LogP contribution in [0, 0.1) is 5.82 Å². The molecule has 2 rings (SSSR count). The van der Waals surface area contributed by atoms with Crippen LogP contribution in [0.4, 0.5) is 10.1 Å². The first-order valence-corrected chi connectivity index (χ1v) is 7.49. The van der Waals surface area contributed by atoms with Crippen molar-refractivity contribution in [2.24, 2.45) is 5.73 Å². The third-order valence-electron chi connectivity index (χ3n) is 2.45. The van der Waals surface area contributed by atoms with E-state index in [0.717, 1.165) is 6.07 Å². The summed E-state index contributed by atoms with van der Waals surface area (Å²) in [7, 11) is -3.82. The van der Waals surface area contributed by atoms with Crippen molar-refractivity contribution in [1.29, 1.82) is 0 Å². The van der Waals surface area contributed by atoms with Gasteiger partial charge in [-0.15, -0.1) is 0 Å². The van der Waals surface area contributed by atoms with Crippen molar-refractivity contribution in [3.05, 3.63) is 41.4 Å². The molecule has 0 fully saturated rings. The number of halogens is 2. The highest BCUT2D eigenvalue weighted by molar-refractivity contribution is 7.92. The van der Waals surface area contributed by atoms with E-state index in [0.29, 0.717) is 13.1 Å². The van der Waals surface area contributed by atoms with E-state index in [9.17, 15) is 12.8 Å². The average Bonchev–Trinajstić information content (AvgIpc) is 2.83. The van der Waals surface area contributed by atoms with Crippen LogP contribution in [0.2, 0.25) is 5.02 Å². The number of rotatable bonds is 5. The van der Waals surface area contributed by atoms with Crippen molar-refractivity contribution in [2.75, 3.05) is 11.3 Å². The van der Waals surface area contributed by atoms with E-state index in [-0.39, 0.29) is 15.6 Å². The summed E-state index contributed by atoms with van der Waals surface area (Å²) in [4.78, 5) is -0.0266. The Kier molecular flexibility index (Phi) is 4.26. The molecule has 6 nitrogen and oxygen atoms in total. The Balaban J connectivity index is 2.23.